The molecule has 0 saturated heterocycles. The summed E-state index contributed by atoms with van der Waals surface area (Å²) in [7, 11) is 2.03. The van der Waals surface area contributed by atoms with E-state index in [1.54, 1.807) is 0 Å². The maximum absolute atomic E-state index is 4.32. The highest BCUT2D eigenvalue weighted by molar-refractivity contribution is 4.92. The summed E-state index contributed by atoms with van der Waals surface area (Å²) in [6.45, 7) is 5.40. The van der Waals surface area contributed by atoms with E-state index < -0.39 is 0 Å². The Bertz CT molecular complexity index is 255. The van der Waals surface area contributed by atoms with Crippen LogP contribution in [0, 0.1) is 0 Å². The molecule has 3 nitrogen and oxygen atoms in total. The minimum absolute atomic E-state index is 0.569. The van der Waals surface area contributed by atoms with Crippen LogP contribution in [-0.4, -0.2) is 22.6 Å². The zero-order valence-electron chi connectivity index (χ0n) is 9.45. The Balaban J connectivity index is 2.56. The molecular formula is C11H21N3. The molecule has 1 rings (SSSR count). The van der Waals surface area contributed by atoms with Gasteiger partial charge in [0.2, 0.25) is 0 Å². The minimum Gasteiger partial charge on any atom is -0.333 e. The predicted octanol–water partition coefficient (Wildman–Crippen LogP) is 1.83. The van der Waals surface area contributed by atoms with Crippen molar-refractivity contribution in [1.82, 2.24) is 14.9 Å². The Morgan fingerprint density at radius 1 is 1.50 bits per heavy atom. The van der Waals surface area contributed by atoms with Gasteiger partial charge in [-0.1, -0.05) is 20.3 Å². The third kappa shape index (κ3) is 2.84. The Hall–Kier alpha value is -0.830. The first-order valence-corrected chi connectivity index (χ1v) is 5.49. The number of likely N-dealkylation sites (N-methyl/N-ethyl adjacent to an activating group) is 1. The van der Waals surface area contributed by atoms with Gasteiger partial charge in [0.25, 0.3) is 0 Å². The monoisotopic (exact) mass is 195 g/mol. The molecule has 1 unspecified atom stereocenters. The fourth-order valence-corrected chi connectivity index (χ4v) is 1.73. The number of nitrogens with one attached hydrogen (secondary N) is 1. The lowest BCUT2D eigenvalue weighted by atomic mass is 10.1. The van der Waals surface area contributed by atoms with Gasteiger partial charge in [-0.15, -0.1) is 0 Å². The van der Waals surface area contributed by atoms with Crippen LogP contribution in [0.4, 0.5) is 0 Å². The molecule has 80 valence electrons. The zero-order chi connectivity index (χ0) is 10.4. The molecule has 0 spiro atoms. The zero-order valence-corrected chi connectivity index (χ0v) is 9.45. The average Bonchev–Trinajstić information content (AvgIpc) is 2.64. The number of aromatic nitrogens is 2. The molecule has 3 heteroatoms. The van der Waals surface area contributed by atoms with Crippen molar-refractivity contribution in [3.8, 4) is 0 Å². The topological polar surface area (TPSA) is 29.9 Å². The largest absolute Gasteiger partial charge is 0.333 e. The van der Waals surface area contributed by atoms with Crippen LogP contribution < -0.4 is 5.32 Å². The predicted molar refractivity (Wildman–Crippen MR) is 59.4 cm³/mol. The van der Waals surface area contributed by atoms with Crippen LogP contribution >= 0.6 is 0 Å². The van der Waals surface area contributed by atoms with Gasteiger partial charge in [-0.3, -0.25) is 0 Å². The summed E-state index contributed by atoms with van der Waals surface area (Å²) in [5.41, 5.74) is 0. The molecule has 0 radical (unpaired) electrons. The highest BCUT2D eigenvalue weighted by Crippen LogP contribution is 2.04. The van der Waals surface area contributed by atoms with Gasteiger partial charge < -0.3 is 9.88 Å². The lowest BCUT2D eigenvalue weighted by Crippen LogP contribution is -2.30. The summed E-state index contributed by atoms with van der Waals surface area (Å²) in [5.74, 6) is 1.18. The van der Waals surface area contributed by atoms with E-state index in [-0.39, 0.29) is 0 Å². The van der Waals surface area contributed by atoms with E-state index >= 15 is 0 Å². The first-order chi connectivity index (χ1) is 6.81. The first kappa shape index (κ1) is 11.2. The smallest absolute Gasteiger partial charge is 0.108 e. The highest BCUT2D eigenvalue weighted by Gasteiger charge is 2.07. The maximum Gasteiger partial charge on any atom is 0.108 e. The second-order valence-corrected chi connectivity index (χ2v) is 3.62. The summed E-state index contributed by atoms with van der Waals surface area (Å²) in [6, 6.07) is 0.569. The van der Waals surface area contributed by atoms with Crippen molar-refractivity contribution >= 4 is 0 Å². The summed E-state index contributed by atoms with van der Waals surface area (Å²) in [4.78, 5) is 4.32. The molecule has 0 aliphatic carbocycles. The lowest BCUT2D eigenvalue weighted by Gasteiger charge is -2.17. The van der Waals surface area contributed by atoms with Gasteiger partial charge in [0.05, 0.1) is 0 Å². The summed E-state index contributed by atoms with van der Waals surface area (Å²) in [5, 5.41) is 3.34. The number of imidazole rings is 1. The lowest BCUT2D eigenvalue weighted by molar-refractivity contribution is 0.442. The quantitative estimate of drug-likeness (QED) is 0.750. The molecule has 0 fully saturated rings. The van der Waals surface area contributed by atoms with E-state index in [9.17, 15) is 0 Å². The van der Waals surface area contributed by atoms with Gasteiger partial charge in [-0.25, -0.2) is 4.98 Å². The average molecular weight is 195 g/mol. The number of hydrogen-bond acceptors (Lipinski definition) is 2. The second kappa shape index (κ2) is 5.81. The Kier molecular flexibility index (Phi) is 4.66. The number of hydrogen-bond donors (Lipinski definition) is 1. The van der Waals surface area contributed by atoms with Crippen molar-refractivity contribution in [2.75, 3.05) is 7.05 Å². The van der Waals surface area contributed by atoms with Gasteiger partial charge in [-0.2, -0.15) is 0 Å². The van der Waals surface area contributed by atoms with Gasteiger partial charge in [0.15, 0.2) is 0 Å². The SMILES string of the molecule is CCCC(Cn1ccnc1CC)NC. The Morgan fingerprint density at radius 3 is 2.86 bits per heavy atom. The van der Waals surface area contributed by atoms with Crippen molar-refractivity contribution in [3.63, 3.8) is 0 Å². The van der Waals surface area contributed by atoms with E-state index in [0.29, 0.717) is 6.04 Å². The van der Waals surface area contributed by atoms with Gasteiger partial charge >= 0.3 is 0 Å². The van der Waals surface area contributed by atoms with E-state index in [4.69, 9.17) is 0 Å². The van der Waals surface area contributed by atoms with Crippen molar-refractivity contribution < 1.29 is 0 Å². The third-order valence-corrected chi connectivity index (χ3v) is 2.58. The molecule has 0 bridgehead atoms. The highest BCUT2D eigenvalue weighted by atomic mass is 15.1. The second-order valence-electron chi connectivity index (χ2n) is 3.62. The Morgan fingerprint density at radius 2 is 2.29 bits per heavy atom. The van der Waals surface area contributed by atoms with Crippen LogP contribution in [0.1, 0.15) is 32.5 Å². The van der Waals surface area contributed by atoms with Crippen molar-refractivity contribution in [2.24, 2.45) is 0 Å². The van der Waals surface area contributed by atoms with E-state index in [2.05, 4.69) is 34.9 Å². The van der Waals surface area contributed by atoms with E-state index in [0.717, 1.165) is 13.0 Å². The molecule has 1 aromatic heterocycles. The van der Waals surface area contributed by atoms with Gasteiger partial charge in [0.1, 0.15) is 5.82 Å². The fraction of sp³-hybridized carbons (Fsp3) is 0.727. The van der Waals surface area contributed by atoms with Crippen molar-refractivity contribution in [1.29, 1.82) is 0 Å². The van der Waals surface area contributed by atoms with Gasteiger partial charge in [-0.05, 0) is 13.5 Å². The molecule has 0 amide bonds. The van der Waals surface area contributed by atoms with Crippen LogP contribution in [0.3, 0.4) is 0 Å². The molecule has 0 saturated carbocycles. The van der Waals surface area contributed by atoms with E-state index in [1.807, 2.05) is 13.2 Å². The summed E-state index contributed by atoms with van der Waals surface area (Å²) in [6.07, 6.45) is 7.41. The minimum atomic E-state index is 0.569. The molecule has 14 heavy (non-hydrogen) atoms. The van der Waals surface area contributed by atoms with Crippen LogP contribution in [0.5, 0.6) is 0 Å². The Labute approximate surface area is 86.5 Å². The summed E-state index contributed by atoms with van der Waals surface area (Å²) < 4.78 is 2.25. The number of rotatable bonds is 6. The molecule has 1 N–H and O–H groups in total. The molecule has 0 aromatic carbocycles. The summed E-state index contributed by atoms with van der Waals surface area (Å²) >= 11 is 0. The van der Waals surface area contributed by atoms with Crippen LogP contribution in [-0.2, 0) is 13.0 Å². The first-order valence-electron chi connectivity index (χ1n) is 5.49. The van der Waals surface area contributed by atoms with E-state index in [1.165, 1.54) is 18.7 Å². The van der Waals surface area contributed by atoms with Crippen LogP contribution in [0.15, 0.2) is 12.4 Å². The number of nitrogens with zero attached hydrogens (tertiary/aromatic N) is 2. The molecule has 0 aliphatic rings. The molecule has 1 aromatic rings. The van der Waals surface area contributed by atoms with Gasteiger partial charge in [0, 0.05) is 31.4 Å². The molecule has 1 heterocycles. The standard InChI is InChI=1S/C11H21N3/c1-4-6-10(12-3)9-14-8-7-13-11(14)5-2/h7-8,10,12H,4-6,9H2,1-3H3. The molecule has 0 aliphatic heterocycles. The normalized spacial score (nSPS) is 13.1. The van der Waals surface area contributed by atoms with Crippen LogP contribution in [0.2, 0.25) is 0 Å². The fourth-order valence-electron chi connectivity index (χ4n) is 1.73. The third-order valence-electron chi connectivity index (χ3n) is 2.58. The molecular weight excluding hydrogens is 174 g/mol. The van der Waals surface area contributed by atoms with Crippen LogP contribution in [0.25, 0.3) is 0 Å². The van der Waals surface area contributed by atoms with Crippen molar-refractivity contribution in [2.45, 2.75) is 45.7 Å². The maximum atomic E-state index is 4.32. The number of aryl methyl sites for hydroxylation is 1. The molecule has 1 atom stereocenters. The van der Waals surface area contributed by atoms with Crippen molar-refractivity contribution in [3.05, 3.63) is 18.2 Å².